The van der Waals surface area contributed by atoms with E-state index in [9.17, 15) is 25.0 Å². The lowest BCUT2D eigenvalue weighted by molar-refractivity contribution is -0.394. The summed E-state index contributed by atoms with van der Waals surface area (Å²) in [6.45, 7) is 3.65. The molecular weight excluding hydrogens is 244 g/mol. The molecule has 0 spiro atoms. The fourth-order valence-electron chi connectivity index (χ4n) is 0.923. The van der Waals surface area contributed by atoms with Gasteiger partial charge in [0.1, 0.15) is 0 Å². The first-order valence-electron chi connectivity index (χ1n) is 4.90. The predicted octanol–water partition coefficient (Wildman–Crippen LogP) is 2.07. The first-order valence-corrected chi connectivity index (χ1v) is 4.90. The van der Waals surface area contributed by atoms with Crippen LogP contribution in [0.5, 0.6) is 0 Å². The molecule has 8 heteroatoms. The molecule has 0 fully saturated rings. The summed E-state index contributed by atoms with van der Waals surface area (Å²) in [4.78, 5) is 28.8. The van der Waals surface area contributed by atoms with Crippen molar-refractivity contribution in [2.75, 3.05) is 6.61 Å². The molecule has 1 rings (SSSR count). The average molecular weight is 256 g/mol. The molecule has 0 bridgehead atoms. The topological polar surface area (TPSA) is 113 Å². The second-order valence-corrected chi connectivity index (χ2v) is 2.96. The number of hydrogen-bond donors (Lipinski definition) is 0. The van der Waals surface area contributed by atoms with Crippen molar-refractivity contribution >= 4 is 17.3 Å². The molecular formula is C10H12N2O6. The van der Waals surface area contributed by atoms with Gasteiger partial charge in [-0.05, 0) is 13.0 Å². The maximum atomic E-state index is 10.2. The second-order valence-electron chi connectivity index (χ2n) is 2.96. The van der Waals surface area contributed by atoms with Gasteiger partial charge in [0.15, 0.2) is 0 Å². The van der Waals surface area contributed by atoms with Gasteiger partial charge in [0.05, 0.1) is 22.5 Å². The van der Waals surface area contributed by atoms with Gasteiger partial charge in [0.2, 0.25) is 0 Å². The lowest BCUT2D eigenvalue weighted by Crippen LogP contribution is -1.95. The van der Waals surface area contributed by atoms with E-state index in [1.807, 2.05) is 0 Å². The number of nitrogens with zero attached hydrogens (tertiary/aromatic N) is 2. The summed E-state index contributed by atoms with van der Waals surface area (Å²) >= 11 is 0. The number of nitro benzene ring substituents is 2. The SMILES string of the molecule is CCOC(C)=O.O=[N+]([O-])c1cccc([N+](=O)[O-])c1. The number of carbonyl (C=O) groups excluding carboxylic acids is 1. The maximum absolute atomic E-state index is 10.2. The number of ether oxygens (including phenoxy) is 1. The summed E-state index contributed by atoms with van der Waals surface area (Å²) in [5.74, 6) is -0.211. The van der Waals surface area contributed by atoms with Crippen LogP contribution in [-0.2, 0) is 9.53 Å². The van der Waals surface area contributed by atoms with E-state index >= 15 is 0 Å². The summed E-state index contributed by atoms with van der Waals surface area (Å²) in [5.41, 5.74) is -0.548. The number of non-ortho nitro benzene ring substituents is 2. The van der Waals surface area contributed by atoms with Crippen molar-refractivity contribution < 1.29 is 19.4 Å². The fourth-order valence-corrected chi connectivity index (χ4v) is 0.923. The molecule has 0 aromatic heterocycles. The molecule has 0 saturated carbocycles. The Bertz CT molecular complexity index is 416. The standard InChI is InChI=1S/C6H4N2O4.C4H8O2/c9-7(10)5-2-1-3-6(4-5)8(11)12;1-3-6-4(2)5/h1-4H;3H2,1-2H3. The fraction of sp³-hybridized carbons (Fsp3) is 0.300. The Morgan fingerprint density at radius 2 is 1.67 bits per heavy atom. The molecule has 0 unspecified atom stereocenters. The third kappa shape index (κ3) is 6.16. The molecule has 0 N–H and O–H groups in total. The number of nitro groups is 2. The summed E-state index contributed by atoms with van der Waals surface area (Å²) in [5, 5.41) is 20.3. The highest BCUT2D eigenvalue weighted by atomic mass is 16.6. The zero-order chi connectivity index (χ0) is 14.1. The molecule has 98 valence electrons. The number of benzene rings is 1. The summed E-state index contributed by atoms with van der Waals surface area (Å²) < 4.78 is 4.40. The molecule has 0 saturated heterocycles. The van der Waals surface area contributed by atoms with Gasteiger partial charge in [-0.2, -0.15) is 0 Å². The lowest BCUT2D eigenvalue weighted by atomic mass is 10.3. The first-order chi connectivity index (χ1) is 8.38. The summed E-state index contributed by atoms with van der Waals surface area (Å²) in [6, 6.07) is 4.59. The largest absolute Gasteiger partial charge is 0.466 e. The van der Waals surface area contributed by atoms with Gasteiger partial charge >= 0.3 is 5.97 Å². The van der Waals surface area contributed by atoms with Crippen molar-refractivity contribution in [3.8, 4) is 0 Å². The van der Waals surface area contributed by atoms with Crippen LogP contribution < -0.4 is 0 Å². The molecule has 0 aliphatic rings. The summed E-state index contributed by atoms with van der Waals surface area (Å²) in [7, 11) is 0. The molecule has 1 aromatic rings. The van der Waals surface area contributed by atoms with E-state index in [-0.39, 0.29) is 17.3 Å². The Morgan fingerprint density at radius 3 is 1.89 bits per heavy atom. The third-order valence-electron chi connectivity index (χ3n) is 1.60. The average Bonchev–Trinajstić information content (AvgIpc) is 2.29. The Hall–Kier alpha value is -2.51. The van der Waals surface area contributed by atoms with Gasteiger partial charge < -0.3 is 4.74 Å². The second kappa shape index (κ2) is 7.71. The monoisotopic (exact) mass is 256 g/mol. The predicted molar refractivity (Wildman–Crippen MR) is 62.1 cm³/mol. The van der Waals surface area contributed by atoms with Crippen molar-refractivity contribution in [1.29, 1.82) is 0 Å². The van der Waals surface area contributed by atoms with E-state index in [4.69, 9.17) is 0 Å². The Labute approximate surface area is 102 Å². The minimum absolute atomic E-state index is 0.211. The number of hydrogen-bond acceptors (Lipinski definition) is 6. The highest BCUT2D eigenvalue weighted by Crippen LogP contribution is 2.18. The van der Waals surface area contributed by atoms with Crippen LogP contribution in [0.2, 0.25) is 0 Å². The van der Waals surface area contributed by atoms with Crippen molar-refractivity contribution in [2.24, 2.45) is 0 Å². The van der Waals surface area contributed by atoms with Gasteiger partial charge in [0.25, 0.3) is 11.4 Å². The zero-order valence-corrected chi connectivity index (χ0v) is 9.86. The van der Waals surface area contributed by atoms with Gasteiger partial charge in [0, 0.05) is 19.1 Å². The molecule has 0 aliphatic carbocycles. The maximum Gasteiger partial charge on any atom is 0.302 e. The first kappa shape index (κ1) is 15.5. The molecule has 0 aliphatic heterocycles. The van der Waals surface area contributed by atoms with E-state index in [1.54, 1.807) is 6.92 Å². The molecule has 0 amide bonds. The Kier molecular flexibility index (Phi) is 6.64. The van der Waals surface area contributed by atoms with Crippen LogP contribution in [0.4, 0.5) is 11.4 Å². The van der Waals surface area contributed by atoms with Crippen LogP contribution >= 0.6 is 0 Å². The van der Waals surface area contributed by atoms with Crippen LogP contribution in [0.25, 0.3) is 0 Å². The molecule has 0 radical (unpaired) electrons. The zero-order valence-electron chi connectivity index (χ0n) is 9.86. The van der Waals surface area contributed by atoms with Crippen LogP contribution in [0.3, 0.4) is 0 Å². The summed E-state index contributed by atoms with van der Waals surface area (Å²) in [6.07, 6.45) is 0. The highest BCUT2D eigenvalue weighted by Gasteiger charge is 2.11. The smallest absolute Gasteiger partial charge is 0.302 e. The molecule has 0 heterocycles. The molecule has 1 aromatic carbocycles. The van der Waals surface area contributed by atoms with Gasteiger partial charge in [-0.3, -0.25) is 25.0 Å². The van der Waals surface area contributed by atoms with Crippen LogP contribution in [0, 0.1) is 20.2 Å². The van der Waals surface area contributed by atoms with Gasteiger partial charge in [-0.1, -0.05) is 0 Å². The minimum atomic E-state index is -0.674. The lowest BCUT2D eigenvalue weighted by Gasteiger charge is -1.90. The van der Waals surface area contributed by atoms with Crippen LogP contribution in [0.1, 0.15) is 13.8 Å². The molecule has 18 heavy (non-hydrogen) atoms. The number of esters is 1. The highest BCUT2D eigenvalue weighted by molar-refractivity contribution is 5.65. The van der Waals surface area contributed by atoms with E-state index in [2.05, 4.69) is 4.74 Å². The van der Waals surface area contributed by atoms with Crippen LogP contribution in [-0.4, -0.2) is 22.4 Å². The Balaban J connectivity index is 0.000000411. The van der Waals surface area contributed by atoms with Crippen molar-refractivity contribution in [1.82, 2.24) is 0 Å². The van der Waals surface area contributed by atoms with Crippen molar-refractivity contribution in [3.63, 3.8) is 0 Å². The molecule has 0 atom stereocenters. The van der Waals surface area contributed by atoms with Crippen molar-refractivity contribution in [2.45, 2.75) is 13.8 Å². The molecule has 8 nitrogen and oxygen atoms in total. The van der Waals surface area contributed by atoms with Crippen LogP contribution in [0.15, 0.2) is 24.3 Å². The van der Waals surface area contributed by atoms with E-state index in [0.717, 1.165) is 6.07 Å². The quantitative estimate of drug-likeness (QED) is 0.464. The van der Waals surface area contributed by atoms with E-state index in [1.165, 1.54) is 25.1 Å². The van der Waals surface area contributed by atoms with E-state index in [0.29, 0.717) is 6.61 Å². The normalized spacial score (nSPS) is 8.78. The van der Waals surface area contributed by atoms with E-state index < -0.39 is 9.85 Å². The van der Waals surface area contributed by atoms with Crippen molar-refractivity contribution in [3.05, 3.63) is 44.5 Å². The number of rotatable bonds is 3. The van der Waals surface area contributed by atoms with Gasteiger partial charge in [-0.15, -0.1) is 0 Å². The Morgan fingerprint density at radius 1 is 1.22 bits per heavy atom. The number of carbonyl (C=O) groups is 1. The minimum Gasteiger partial charge on any atom is -0.466 e. The van der Waals surface area contributed by atoms with Gasteiger partial charge in [-0.25, -0.2) is 0 Å². The third-order valence-corrected chi connectivity index (χ3v) is 1.60.